The fourth-order valence-corrected chi connectivity index (χ4v) is 5.21. The molecule has 0 saturated heterocycles. The zero-order chi connectivity index (χ0) is 23.0. The molecule has 1 aliphatic heterocycles. The molecule has 0 spiro atoms. The summed E-state index contributed by atoms with van der Waals surface area (Å²) < 4.78 is 32.4. The molecule has 0 aromatic heterocycles. The number of anilines is 2. The van der Waals surface area contributed by atoms with E-state index in [9.17, 15) is 18.0 Å². The van der Waals surface area contributed by atoms with Gasteiger partial charge in [0.1, 0.15) is 5.75 Å². The average molecular weight is 458 g/mol. The summed E-state index contributed by atoms with van der Waals surface area (Å²) in [4.78, 5) is 27.0. The van der Waals surface area contributed by atoms with Crippen molar-refractivity contribution in [3.05, 3.63) is 48.0 Å². The lowest BCUT2D eigenvalue weighted by molar-refractivity contribution is -0.120. The van der Waals surface area contributed by atoms with Crippen LogP contribution in [0.3, 0.4) is 0 Å². The Morgan fingerprint density at radius 1 is 1.19 bits per heavy atom. The minimum Gasteiger partial charge on any atom is -0.495 e. The second-order valence-corrected chi connectivity index (χ2v) is 10.4. The number of nitrogens with one attached hydrogen (secondary N) is 1. The highest BCUT2D eigenvalue weighted by molar-refractivity contribution is 7.89. The second kappa shape index (κ2) is 8.55. The van der Waals surface area contributed by atoms with Gasteiger partial charge in [-0.05, 0) is 62.1 Å². The molecule has 2 aromatic carbocycles. The van der Waals surface area contributed by atoms with E-state index in [4.69, 9.17) is 4.74 Å². The van der Waals surface area contributed by atoms with Crippen LogP contribution in [0.25, 0.3) is 0 Å². The van der Waals surface area contributed by atoms with Crippen molar-refractivity contribution in [2.24, 2.45) is 5.92 Å². The summed E-state index contributed by atoms with van der Waals surface area (Å²) >= 11 is 0. The van der Waals surface area contributed by atoms with Crippen LogP contribution in [-0.4, -0.2) is 51.3 Å². The first-order valence-electron chi connectivity index (χ1n) is 10.6. The highest BCUT2D eigenvalue weighted by Crippen LogP contribution is 2.39. The van der Waals surface area contributed by atoms with Gasteiger partial charge < -0.3 is 15.0 Å². The first-order valence-corrected chi connectivity index (χ1v) is 12.0. The number of rotatable bonds is 7. The third-order valence-corrected chi connectivity index (χ3v) is 7.69. The van der Waals surface area contributed by atoms with E-state index in [1.807, 2.05) is 6.92 Å². The maximum atomic E-state index is 13.1. The number of carbonyl (C=O) groups excluding carboxylic acids is 2. The quantitative estimate of drug-likeness (QED) is 0.690. The number of nitrogens with zero attached hydrogens (tertiary/aromatic N) is 2. The van der Waals surface area contributed by atoms with Gasteiger partial charge in [-0.2, -0.15) is 4.31 Å². The van der Waals surface area contributed by atoms with Gasteiger partial charge in [-0.15, -0.1) is 0 Å². The normalized spacial score (nSPS) is 17.9. The summed E-state index contributed by atoms with van der Waals surface area (Å²) in [7, 11) is -1.02. The molecule has 2 aromatic rings. The molecule has 0 radical (unpaired) electrons. The molecule has 1 saturated carbocycles. The van der Waals surface area contributed by atoms with E-state index in [-0.39, 0.29) is 29.3 Å². The fourth-order valence-electron chi connectivity index (χ4n) is 4.04. The predicted octanol–water partition coefficient (Wildman–Crippen LogP) is 2.64. The van der Waals surface area contributed by atoms with Crippen LogP contribution >= 0.6 is 0 Å². The Morgan fingerprint density at radius 2 is 1.91 bits per heavy atom. The Hall–Kier alpha value is -2.91. The molecular weight excluding hydrogens is 430 g/mol. The van der Waals surface area contributed by atoms with Gasteiger partial charge in [0, 0.05) is 24.7 Å². The number of para-hydroxylation sites is 2. The maximum absolute atomic E-state index is 13.1. The van der Waals surface area contributed by atoms with Crippen LogP contribution in [0.4, 0.5) is 11.4 Å². The van der Waals surface area contributed by atoms with E-state index in [2.05, 4.69) is 5.32 Å². The zero-order valence-electron chi connectivity index (χ0n) is 18.4. The fraction of sp³-hybridized carbons (Fsp3) is 0.391. The molecule has 8 nitrogen and oxygen atoms in total. The molecule has 170 valence electrons. The van der Waals surface area contributed by atoms with Crippen LogP contribution in [-0.2, 0) is 26.0 Å². The minimum absolute atomic E-state index is 0.000384. The summed E-state index contributed by atoms with van der Waals surface area (Å²) in [5.74, 6) is 0.234. The number of amides is 2. The number of ether oxygens (including phenoxy) is 1. The molecular formula is C23H27N3O5S. The van der Waals surface area contributed by atoms with E-state index in [1.54, 1.807) is 41.3 Å². The Labute approximate surface area is 188 Å². The number of likely N-dealkylation sites (N-methyl/N-ethyl adjacent to an activating group) is 1. The monoisotopic (exact) mass is 457 g/mol. The highest BCUT2D eigenvalue weighted by atomic mass is 32.2. The van der Waals surface area contributed by atoms with Gasteiger partial charge >= 0.3 is 0 Å². The molecule has 1 heterocycles. The van der Waals surface area contributed by atoms with Crippen molar-refractivity contribution >= 4 is 33.2 Å². The number of carbonyl (C=O) groups is 2. The lowest BCUT2D eigenvalue weighted by Crippen LogP contribution is -2.36. The summed E-state index contributed by atoms with van der Waals surface area (Å²) in [6.45, 7) is 1.63. The number of sulfonamides is 1. The van der Waals surface area contributed by atoms with Crippen molar-refractivity contribution in [1.29, 1.82) is 0 Å². The van der Waals surface area contributed by atoms with Crippen molar-refractivity contribution in [2.45, 2.75) is 37.1 Å². The molecule has 1 aliphatic carbocycles. The number of fused-ring (bicyclic) bond motifs is 1. The van der Waals surface area contributed by atoms with E-state index in [0.29, 0.717) is 17.9 Å². The molecule has 0 bridgehead atoms. The van der Waals surface area contributed by atoms with Crippen molar-refractivity contribution < 1.29 is 22.7 Å². The molecule has 9 heteroatoms. The van der Waals surface area contributed by atoms with Gasteiger partial charge in [-0.1, -0.05) is 12.1 Å². The van der Waals surface area contributed by atoms with Crippen LogP contribution in [0.5, 0.6) is 5.75 Å². The molecule has 0 unspecified atom stereocenters. The molecule has 1 fully saturated rings. The Balaban J connectivity index is 1.49. The van der Waals surface area contributed by atoms with Crippen molar-refractivity contribution in [3.63, 3.8) is 0 Å². The van der Waals surface area contributed by atoms with Gasteiger partial charge in [0.25, 0.3) is 0 Å². The third kappa shape index (κ3) is 4.22. The van der Waals surface area contributed by atoms with Crippen LogP contribution < -0.4 is 15.0 Å². The Bertz CT molecular complexity index is 1160. The Kier molecular flexibility index (Phi) is 5.96. The number of methoxy groups -OCH3 is 1. The van der Waals surface area contributed by atoms with Crippen LogP contribution in [0.1, 0.15) is 25.3 Å². The average Bonchev–Trinajstić information content (AvgIpc) is 3.55. The standard InChI is InChI=1S/C23H27N3O5S/c1-15-12-17-13-18(10-11-20(17)26(15)23(28)16-8-9-16)32(29,30)25(2)14-22(27)24-19-6-4-5-7-21(19)31-3/h4-7,10-11,13,15-16H,8-9,12,14H2,1-3H3,(H,24,27)/t15-/m0/s1. The second-order valence-electron chi connectivity index (χ2n) is 8.34. The predicted molar refractivity (Wildman–Crippen MR) is 121 cm³/mol. The van der Waals surface area contributed by atoms with E-state index in [1.165, 1.54) is 20.2 Å². The molecule has 1 N–H and O–H groups in total. The first kappa shape index (κ1) is 22.3. The van der Waals surface area contributed by atoms with Crippen LogP contribution in [0.15, 0.2) is 47.4 Å². The number of hydrogen-bond donors (Lipinski definition) is 1. The van der Waals surface area contributed by atoms with E-state index < -0.39 is 15.9 Å². The molecule has 2 amide bonds. The van der Waals surface area contributed by atoms with Crippen molar-refractivity contribution in [2.75, 3.05) is 30.9 Å². The lowest BCUT2D eigenvalue weighted by Gasteiger charge is -2.23. The van der Waals surface area contributed by atoms with Gasteiger partial charge in [-0.3, -0.25) is 9.59 Å². The number of hydrogen-bond acceptors (Lipinski definition) is 5. The van der Waals surface area contributed by atoms with E-state index >= 15 is 0 Å². The van der Waals surface area contributed by atoms with Gasteiger partial charge in [0.05, 0.1) is 24.2 Å². The number of benzene rings is 2. The van der Waals surface area contributed by atoms with Crippen molar-refractivity contribution in [1.82, 2.24) is 4.31 Å². The van der Waals surface area contributed by atoms with Gasteiger partial charge in [0.15, 0.2) is 0 Å². The van der Waals surface area contributed by atoms with Gasteiger partial charge in [-0.25, -0.2) is 8.42 Å². The molecule has 2 aliphatic rings. The summed E-state index contributed by atoms with van der Waals surface area (Å²) in [5, 5.41) is 2.68. The first-order chi connectivity index (χ1) is 15.2. The van der Waals surface area contributed by atoms with Crippen molar-refractivity contribution in [3.8, 4) is 5.75 Å². The third-order valence-electron chi connectivity index (χ3n) is 5.89. The van der Waals surface area contributed by atoms with Crippen LogP contribution in [0.2, 0.25) is 0 Å². The lowest BCUT2D eigenvalue weighted by atomic mass is 10.1. The smallest absolute Gasteiger partial charge is 0.243 e. The largest absolute Gasteiger partial charge is 0.495 e. The summed E-state index contributed by atoms with van der Waals surface area (Å²) in [6, 6.07) is 11.8. The molecule has 4 rings (SSSR count). The summed E-state index contributed by atoms with van der Waals surface area (Å²) in [5.41, 5.74) is 2.09. The van der Waals surface area contributed by atoms with E-state index in [0.717, 1.165) is 28.4 Å². The maximum Gasteiger partial charge on any atom is 0.243 e. The minimum atomic E-state index is -3.88. The highest BCUT2D eigenvalue weighted by Gasteiger charge is 2.40. The Morgan fingerprint density at radius 3 is 2.59 bits per heavy atom. The van der Waals surface area contributed by atoms with Crippen LogP contribution in [0, 0.1) is 5.92 Å². The summed E-state index contributed by atoms with van der Waals surface area (Å²) in [6.07, 6.45) is 2.45. The topological polar surface area (TPSA) is 96.0 Å². The van der Waals surface area contributed by atoms with Gasteiger partial charge in [0.2, 0.25) is 21.8 Å². The SMILES string of the molecule is COc1ccccc1NC(=O)CN(C)S(=O)(=O)c1ccc2c(c1)C[C@H](C)N2C(=O)C1CC1. The molecule has 1 atom stereocenters. The zero-order valence-corrected chi connectivity index (χ0v) is 19.2. The molecule has 32 heavy (non-hydrogen) atoms.